The Morgan fingerprint density at radius 1 is 1.50 bits per heavy atom. The van der Waals surface area contributed by atoms with Gasteiger partial charge in [0, 0.05) is 7.05 Å². The molecule has 1 aliphatic rings. The molecule has 6 heteroatoms. The zero-order chi connectivity index (χ0) is 12.1. The molecule has 1 amide bonds. The van der Waals surface area contributed by atoms with Crippen molar-refractivity contribution in [3.8, 4) is 0 Å². The summed E-state index contributed by atoms with van der Waals surface area (Å²) in [7, 11) is 1.65. The summed E-state index contributed by atoms with van der Waals surface area (Å²) in [5, 5.41) is 20.9. The number of aliphatic hydroxyl groups is 1. The Hall–Kier alpha value is -1.30. The number of carbonyl (C=O) groups is 1. The molecule has 0 aromatic heterocycles. The number of aliphatic hydroxyl groups excluding tert-OH is 1. The van der Waals surface area contributed by atoms with Gasteiger partial charge in [-0.3, -0.25) is 4.79 Å². The van der Waals surface area contributed by atoms with Crippen LogP contribution in [-0.2, 0) is 4.79 Å². The fourth-order valence-corrected chi connectivity index (χ4v) is 2.04. The van der Waals surface area contributed by atoms with Crippen LogP contribution in [0.4, 0.5) is 0 Å². The van der Waals surface area contributed by atoms with E-state index in [4.69, 9.17) is 10.9 Å². The maximum Gasteiger partial charge on any atom is 0.230 e. The number of nitrogens with two attached hydrogens (primary N) is 1. The SMILES string of the molecule is CN(C(=O)CC(N)=NO)C1CCCCC1O. The number of amides is 1. The second-order valence-electron chi connectivity index (χ2n) is 4.19. The predicted octanol–water partition coefficient (Wildman–Crippen LogP) is -0.115. The molecule has 16 heavy (non-hydrogen) atoms. The lowest BCUT2D eigenvalue weighted by atomic mass is 9.91. The van der Waals surface area contributed by atoms with Crippen LogP contribution in [-0.4, -0.2) is 46.1 Å². The number of oxime groups is 1. The van der Waals surface area contributed by atoms with Crippen LogP contribution in [0.2, 0.25) is 0 Å². The van der Waals surface area contributed by atoms with Crippen LogP contribution in [0.25, 0.3) is 0 Å². The molecule has 0 bridgehead atoms. The summed E-state index contributed by atoms with van der Waals surface area (Å²) in [4.78, 5) is 13.2. The smallest absolute Gasteiger partial charge is 0.230 e. The molecule has 2 atom stereocenters. The van der Waals surface area contributed by atoms with Gasteiger partial charge in [-0.15, -0.1) is 0 Å². The first-order chi connectivity index (χ1) is 7.56. The van der Waals surface area contributed by atoms with Crippen LogP contribution in [0.3, 0.4) is 0 Å². The van der Waals surface area contributed by atoms with E-state index in [2.05, 4.69) is 5.16 Å². The number of carbonyl (C=O) groups excluding carboxylic acids is 1. The lowest BCUT2D eigenvalue weighted by Gasteiger charge is -2.35. The Labute approximate surface area is 94.7 Å². The predicted molar refractivity (Wildman–Crippen MR) is 59.1 cm³/mol. The van der Waals surface area contributed by atoms with E-state index in [1.807, 2.05) is 0 Å². The quantitative estimate of drug-likeness (QED) is 0.272. The van der Waals surface area contributed by atoms with Crippen LogP contribution >= 0.6 is 0 Å². The number of rotatable bonds is 3. The first kappa shape index (κ1) is 12.8. The topological polar surface area (TPSA) is 99.2 Å². The van der Waals surface area contributed by atoms with E-state index in [9.17, 15) is 9.90 Å². The highest BCUT2D eigenvalue weighted by Crippen LogP contribution is 2.22. The molecule has 6 nitrogen and oxygen atoms in total. The molecule has 92 valence electrons. The third-order valence-electron chi connectivity index (χ3n) is 3.05. The Bertz CT molecular complexity index is 280. The second kappa shape index (κ2) is 5.69. The molecular formula is C10H19N3O3. The molecule has 0 spiro atoms. The Morgan fingerprint density at radius 3 is 2.69 bits per heavy atom. The lowest BCUT2D eigenvalue weighted by molar-refractivity contribution is -0.134. The van der Waals surface area contributed by atoms with E-state index in [-0.39, 0.29) is 24.2 Å². The minimum Gasteiger partial charge on any atom is -0.409 e. The number of amidine groups is 1. The highest BCUT2D eigenvalue weighted by atomic mass is 16.4. The third-order valence-corrected chi connectivity index (χ3v) is 3.05. The maximum atomic E-state index is 11.7. The number of hydrogen-bond donors (Lipinski definition) is 3. The summed E-state index contributed by atoms with van der Waals surface area (Å²) in [6.45, 7) is 0. The van der Waals surface area contributed by atoms with E-state index in [1.54, 1.807) is 7.05 Å². The van der Waals surface area contributed by atoms with E-state index < -0.39 is 6.10 Å². The van der Waals surface area contributed by atoms with Crippen molar-refractivity contribution < 1.29 is 15.1 Å². The Balaban J connectivity index is 2.55. The molecule has 1 rings (SSSR count). The average molecular weight is 229 g/mol. The van der Waals surface area contributed by atoms with Gasteiger partial charge in [-0.05, 0) is 12.8 Å². The van der Waals surface area contributed by atoms with Crippen LogP contribution in [0.5, 0.6) is 0 Å². The summed E-state index contributed by atoms with van der Waals surface area (Å²) in [6.07, 6.45) is 2.97. The van der Waals surface area contributed by atoms with E-state index in [0.717, 1.165) is 25.7 Å². The van der Waals surface area contributed by atoms with E-state index in [1.165, 1.54) is 4.90 Å². The zero-order valence-corrected chi connectivity index (χ0v) is 9.46. The summed E-state index contributed by atoms with van der Waals surface area (Å²) in [6, 6.07) is -0.146. The summed E-state index contributed by atoms with van der Waals surface area (Å²) >= 11 is 0. The van der Waals surface area contributed by atoms with Gasteiger partial charge in [0.05, 0.1) is 18.6 Å². The van der Waals surface area contributed by atoms with Crippen molar-refractivity contribution >= 4 is 11.7 Å². The van der Waals surface area contributed by atoms with Gasteiger partial charge in [0.1, 0.15) is 5.84 Å². The molecule has 1 fully saturated rings. The van der Waals surface area contributed by atoms with Gasteiger partial charge in [0.15, 0.2) is 0 Å². The molecule has 0 aromatic carbocycles. The molecule has 0 aliphatic heterocycles. The largest absolute Gasteiger partial charge is 0.409 e. The van der Waals surface area contributed by atoms with Crippen molar-refractivity contribution in [1.82, 2.24) is 4.90 Å². The van der Waals surface area contributed by atoms with Gasteiger partial charge in [-0.1, -0.05) is 18.0 Å². The van der Waals surface area contributed by atoms with Gasteiger partial charge >= 0.3 is 0 Å². The van der Waals surface area contributed by atoms with Crippen LogP contribution in [0.15, 0.2) is 5.16 Å². The van der Waals surface area contributed by atoms with Crippen molar-refractivity contribution in [3.63, 3.8) is 0 Å². The van der Waals surface area contributed by atoms with E-state index in [0.29, 0.717) is 0 Å². The van der Waals surface area contributed by atoms with Crippen molar-refractivity contribution in [3.05, 3.63) is 0 Å². The van der Waals surface area contributed by atoms with Gasteiger partial charge in [0.25, 0.3) is 0 Å². The highest BCUT2D eigenvalue weighted by molar-refractivity contribution is 5.98. The minimum absolute atomic E-state index is 0.109. The molecule has 4 N–H and O–H groups in total. The standard InChI is InChI=1S/C10H19N3O3/c1-13(10(15)6-9(11)12-16)7-4-2-3-5-8(7)14/h7-8,14,16H,2-6H2,1H3,(H2,11,12). The Kier molecular flexibility index (Phi) is 4.54. The summed E-state index contributed by atoms with van der Waals surface area (Å²) in [5.41, 5.74) is 5.27. The lowest BCUT2D eigenvalue weighted by Crippen LogP contribution is -2.47. The molecule has 1 aliphatic carbocycles. The highest BCUT2D eigenvalue weighted by Gasteiger charge is 2.29. The van der Waals surface area contributed by atoms with Crippen molar-refractivity contribution in [2.45, 2.75) is 44.2 Å². The minimum atomic E-state index is -0.463. The normalized spacial score (nSPS) is 26.5. The zero-order valence-electron chi connectivity index (χ0n) is 9.46. The molecule has 0 aromatic rings. The van der Waals surface area contributed by atoms with Gasteiger partial charge in [-0.2, -0.15) is 0 Å². The molecular weight excluding hydrogens is 210 g/mol. The number of likely N-dealkylation sites (N-methyl/N-ethyl adjacent to an activating group) is 1. The Morgan fingerprint density at radius 2 is 2.12 bits per heavy atom. The van der Waals surface area contributed by atoms with Crippen molar-refractivity contribution in [2.75, 3.05) is 7.05 Å². The van der Waals surface area contributed by atoms with Gasteiger partial charge in [0.2, 0.25) is 5.91 Å². The van der Waals surface area contributed by atoms with Crippen LogP contribution in [0.1, 0.15) is 32.1 Å². The van der Waals surface area contributed by atoms with Crippen LogP contribution < -0.4 is 5.73 Å². The second-order valence-corrected chi connectivity index (χ2v) is 4.19. The fraction of sp³-hybridized carbons (Fsp3) is 0.800. The molecule has 0 radical (unpaired) electrons. The average Bonchev–Trinajstić information content (AvgIpc) is 2.28. The molecule has 0 heterocycles. The summed E-state index contributed by atoms with van der Waals surface area (Å²) < 4.78 is 0. The summed E-state index contributed by atoms with van der Waals surface area (Å²) in [5.74, 6) is -0.344. The third kappa shape index (κ3) is 3.10. The van der Waals surface area contributed by atoms with Crippen molar-refractivity contribution in [1.29, 1.82) is 0 Å². The number of nitrogens with zero attached hydrogens (tertiary/aromatic N) is 2. The first-order valence-electron chi connectivity index (χ1n) is 5.46. The maximum absolute atomic E-state index is 11.7. The van der Waals surface area contributed by atoms with E-state index >= 15 is 0 Å². The molecule has 0 saturated heterocycles. The van der Waals surface area contributed by atoms with Crippen molar-refractivity contribution in [2.24, 2.45) is 10.9 Å². The first-order valence-corrected chi connectivity index (χ1v) is 5.46. The number of hydrogen-bond acceptors (Lipinski definition) is 4. The van der Waals surface area contributed by atoms with Gasteiger partial charge < -0.3 is 20.9 Å². The fourth-order valence-electron chi connectivity index (χ4n) is 2.04. The molecule has 2 unspecified atom stereocenters. The molecule has 1 saturated carbocycles. The monoisotopic (exact) mass is 229 g/mol. The van der Waals surface area contributed by atoms with Crippen LogP contribution in [0, 0.1) is 0 Å². The van der Waals surface area contributed by atoms with Gasteiger partial charge in [-0.25, -0.2) is 0 Å².